The summed E-state index contributed by atoms with van der Waals surface area (Å²) in [7, 11) is -1.43. The van der Waals surface area contributed by atoms with Gasteiger partial charge in [0.25, 0.3) is 10.1 Å². The standard InChI is InChI=1S/C37H30F2N2O6S4/c1-36(2)21-7-9-48-33(21)17-11-19-26(14-24(17)40(36)5)47-27-15-25-18(34-22(8-10-49-34)37(3,4)41(25)6)12-20(27)30(19)31-32(39)28(50-16-29(42)43)13-23(38)35(31)51(44,45)46/h7-15H,16H2,1-6H3,(H-,42,43,44,45,46)/p+1. The van der Waals surface area contributed by atoms with Gasteiger partial charge in [0.2, 0.25) is 5.36 Å². The molecule has 51 heavy (non-hydrogen) atoms. The Morgan fingerprint density at radius 2 is 1.63 bits per heavy atom. The topological polar surface area (TPSA) is 107 Å². The number of thiophene rings is 2. The average molecular weight is 766 g/mol. The lowest BCUT2D eigenvalue weighted by atomic mass is 9.83. The van der Waals surface area contributed by atoms with Gasteiger partial charge in [-0.3, -0.25) is 9.35 Å². The highest BCUT2D eigenvalue weighted by atomic mass is 32.2. The van der Waals surface area contributed by atoms with E-state index in [1.165, 1.54) is 22.7 Å². The summed E-state index contributed by atoms with van der Waals surface area (Å²) < 4.78 is 78.4. The lowest BCUT2D eigenvalue weighted by Gasteiger charge is -2.43. The van der Waals surface area contributed by atoms with Crippen molar-refractivity contribution < 1.29 is 36.4 Å². The van der Waals surface area contributed by atoms with Gasteiger partial charge in [-0.1, -0.05) is 0 Å². The van der Waals surface area contributed by atoms with E-state index in [9.17, 15) is 22.9 Å². The van der Waals surface area contributed by atoms with Gasteiger partial charge >= 0.3 is 5.97 Å². The molecule has 5 aromatic rings. The molecule has 0 saturated heterocycles. The first-order valence-corrected chi connectivity index (χ1v) is 20.0. The van der Waals surface area contributed by atoms with Crippen LogP contribution in [0.15, 0.2) is 63.0 Å². The fourth-order valence-electron chi connectivity index (χ4n) is 7.42. The second-order valence-corrected chi connectivity index (χ2v) is 18.0. The van der Waals surface area contributed by atoms with Crippen LogP contribution >= 0.6 is 34.4 Å². The zero-order valence-electron chi connectivity index (χ0n) is 28.2. The van der Waals surface area contributed by atoms with Crippen LogP contribution in [0, 0.1) is 11.6 Å². The van der Waals surface area contributed by atoms with E-state index in [-0.39, 0.29) is 27.9 Å². The van der Waals surface area contributed by atoms with E-state index in [2.05, 4.69) is 37.2 Å². The van der Waals surface area contributed by atoms with Gasteiger partial charge in [0.15, 0.2) is 5.54 Å². The van der Waals surface area contributed by atoms with E-state index in [0.717, 1.165) is 43.1 Å². The molecule has 262 valence electrons. The fourth-order valence-corrected chi connectivity index (χ4v) is 11.0. The van der Waals surface area contributed by atoms with E-state index in [4.69, 9.17) is 4.74 Å². The quantitative estimate of drug-likeness (QED) is 0.107. The van der Waals surface area contributed by atoms with E-state index >= 15 is 8.78 Å². The number of carboxylic acids is 1. The molecule has 0 atom stereocenters. The molecule has 3 aliphatic rings. The molecule has 0 amide bonds. The Morgan fingerprint density at radius 1 is 0.961 bits per heavy atom. The molecule has 2 N–H and O–H groups in total. The first kappa shape index (κ1) is 34.0. The zero-order valence-corrected chi connectivity index (χ0v) is 31.5. The molecule has 8 rings (SSSR count). The Hall–Kier alpha value is -4.08. The number of halogens is 2. The van der Waals surface area contributed by atoms with Gasteiger partial charge in [-0.05, 0) is 60.5 Å². The maximum Gasteiger partial charge on any atom is 0.313 e. The SMILES string of the molecule is CN1c2cc3c(cc2-c2sccc2C1(C)C)C(c1c(F)c(SCC(=O)O)cc(F)c1S(=O)(=O)O)=c1cc2c(cc1O3)=[N+](C)C(C)(C)c1ccsc1-2. The number of anilines is 1. The van der Waals surface area contributed by atoms with Gasteiger partial charge in [0.05, 0.1) is 27.8 Å². The zero-order chi connectivity index (χ0) is 36.5. The summed E-state index contributed by atoms with van der Waals surface area (Å²) in [5, 5.41) is 14.4. The fraction of sp³-hybridized carbons (Fsp3) is 0.243. The molecule has 0 fully saturated rings. The number of hydrogen-bond acceptors (Lipinski definition) is 8. The summed E-state index contributed by atoms with van der Waals surface area (Å²) >= 11 is 3.58. The van der Waals surface area contributed by atoms with Crippen LogP contribution in [0.2, 0.25) is 0 Å². The van der Waals surface area contributed by atoms with Crippen molar-refractivity contribution in [1.82, 2.24) is 4.58 Å². The molecule has 3 aromatic carbocycles. The van der Waals surface area contributed by atoms with Crippen molar-refractivity contribution in [1.29, 1.82) is 0 Å². The van der Waals surface area contributed by atoms with Crippen LogP contribution in [0.25, 0.3) is 26.5 Å². The van der Waals surface area contributed by atoms with Crippen LogP contribution in [0.3, 0.4) is 0 Å². The minimum Gasteiger partial charge on any atom is -0.481 e. The number of rotatable bonds is 5. The lowest BCUT2D eigenvalue weighted by molar-refractivity contribution is -0.133. The normalized spacial score (nSPS) is 16.4. The minimum atomic E-state index is -5.37. The van der Waals surface area contributed by atoms with Crippen LogP contribution in [-0.4, -0.2) is 43.9 Å². The maximum atomic E-state index is 17.0. The number of ether oxygens (including phenoxy) is 1. The van der Waals surface area contributed by atoms with Gasteiger partial charge in [0.1, 0.15) is 35.1 Å². The van der Waals surface area contributed by atoms with Crippen molar-refractivity contribution >= 4 is 61.8 Å². The Bertz CT molecular complexity index is 2640. The smallest absolute Gasteiger partial charge is 0.313 e. The molecule has 14 heteroatoms. The van der Waals surface area contributed by atoms with Crippen LogP contribution in [0.4, 0.5) is 14.5 Å². The number of hydrogen-bond donors (Lipinski definition) is 2. The van der Waals surface area contributed by atoms with Crippen molar-refractivity contribution in [3.05, 3.63) is 97.7 Å². The average Bonchev–Trinajstić information content (AvgIpc) is 3.76. The van der Waals surface area contributed by atoms with E-state index in [1.54, 1.807) is 12.1 Å². The molecule has 0 bridgehead atoms. The van der Waals surface area contributed by atoms with Crippen LogP contribution < -0.4 is 24.8 Å². The predicted octanol–water partition coefficient (Wildman–Crippen LogP) is 7.25. The van der Waals surface area contributed by atoms with Crippen molar-refractivity contribution in [2.24, 2.45) is 0 Å². The van der Waals surface area contributed by atoms with E-state index in [0.29, 0.717) is 17.8 Å². The lowest BCUT2D eigenvalue weighted by Crippen LogP contribution is -2.46. The molecule has 0 unspecified atom stereocenters. The third kappa shape index (κ3) is 4.87. The molecule has 0 radical (unpaired) electrons. The number of fused-ring (bicyclic) bond motifs is 8. The molecule has 5 heterocycles. The van der Waals surface area contributed by atoms with Crippen LogP contribution in [0.5, 0.6) is 11.5 Å². The van der Waals surface area contributed by atoms with Crippen molar-refractivity contribution in [2.75, 3.05) is 24.7 Å². The highest BCUT2D eigenvalue weighted by molar-refractivity contribution is 8.00. The van der Waals surface area contributed by atoms with Gasteiger partial charge in [-0.2, -0.15) is 8.42 Å². The van der Waals surface area contributed by atoms with E-state index in [1.807, 2.05) is 49.1 Å². The summed E-state index contributed by atoms with van der Waals surface area (Å²) in [6.07, 6.45) is 0. The molecule has 8 nitrogen and oxygen atoms in total. The molecular formula is C37H31F2N2O6S4+. The highest BCUT2D eigenvalue weighted by Gasteiger charge is 2.42. The second kappa shape index (κ2) is 11.2. The Morgan fingerprint density at radius 3 is 2.29 bits per heavy atom. The second-order valence-electron chi connectivity index (χ2n) is 13.8. The van der Waals surface area contributed by atoms with Gasteiger partial charge in [0, 0.05) is 75.5 Å². The molecular weight excluding hydrogens is 735 g/mol. The number of nitrogens with zero attached hydrogens (tertiary/aromatic N) is 2. The third-order valence-corrected chi connectivity index (χ3v) is 14.3. The van der Waals surface area contributed by atoms with Crippen LogP contribution in [-0.2, 0) is 26.0 Å². The molecule has 3 aliphatic heterocycles. The first-order valence-electron chi connectivity index (χ1n) is 15.8. The number of benzene rings is 3. The Labute approximate surface area is 304 Å². The highest BCUT2D eigenvalue weighted by Crippen LogP contribution is 2.53. The summed E-state index contributed by atoms with van der Waals surface area (Å²) in [5.41, 5.74) is 3.30. The number of carbonyl (C=O) groups is 1. The largest absolute Gasteiger partial charge is 0.481 e. The minimum absolute atomic E-state index is 0.00478. The summed E-state index contributed by atoms with van der Waals surface area (Å²) in [6.45, 7) is 8.42. The van der Waals surface area contributed by atoms with E-state index < -0.39 is 59.9 Å². The van der Waals surface area contributed by atoms with Gasteiger partial charge < -0.3 is 14.7 Å². The molecule has 0 saturated carbocycles. The molecule has 0 spiro atoms. The van der Waals surface area contributed by atoms with Crippen molar-refractivity contribution in [3.63, 3.8) is 0 Å². The van der Waals surface area contributed by atoms with Crippen molar-refractivity contribution in [2.45, 2.75) is 48.6 Å². The number of carboxylic acid groups (broad SMARTS) is 1. The van der Waals surface area contributed by atoms with Gasteiger partial charge in [-0.15, -0.1) is 34.4 Å². The molecule has 0 aliphatic carbocycles. The monoisotopic (exact) mass is 765 g/mol. The predicted molar refractivity (Wildman–Crippen MR) is 197 cm³/mol. The number of thioether (sulfide) groups is 1. The Kier molecular flexibility index (Phi) is 7.48. The summed E-state index contributed by atoms with van der Waals surface area (Å²) in [4.78, 5) is 13.9. The molecule has 2 aromatic heterocycles. The van der Waals surface area contributed by atoms with Gasteiger partial charge in [-0.25, -0.2) is 13.4 Å². The third-order valence-electron chi connectivity index (χ3n) is 10.5. The Balaban J connectivity index is 1.56. The van der Waals surface area contributed by atoms with Crippen LogP contribution in [0.1, 0.15) is 49.9 Å². The maximum absolute atomic E-state index is 17.0. The van der Waals surface area contributed by atoms with Crippen molar-refractivity contribution in [3.8, 4) is 32.4 Å². The number of aliphatic carboxylic acids is 1. The first-order chi connectivity index (χ1) is 23.9. The summed E-state index contributed by atoms with van der Waals surface area (Å²) in [6, 6.07) is 12.0. The summed E-state index contributed by atoms with van der Waals surface area (Å²) in [5.74, 6) is -3.92.